The van der Waals surface area contributed by atoms with Crippen LogP contribution in [0.3, 0.4) is 0 Å². The van der Waals surface area contributed by atoms with Gasteiger partial charge in [0.15, 0.2) is 0 Å². The SMILES string of the molecule is CS(=O)(=O)NCCCCS. The fourth-order valence-electron chi connectivity index (χ4n) is 0.494. The lowest BCUT2D eigenvalue weighted by Gasteiger charge is -1.98. The Morgan fingerprint density at radius 3 is 2.40 bits per heavy atom. The van der Waals surface area contributed by atoms with E-state index in [1.807, 2.05) is 0 Å². The van der Waals surface area contributed by atoms with E-state index in [-0.39, 0.29) is 0 Å². The van der Waals surface area contributed by atoms with Gasteiger partial charge in [0.2, 0.25) is 10.0 Å². The highest BCUT2D eigenvalue weighted by Crippen LogP contribution is 1.89. The van der Waals surface area contributed by atoms with E-state index in [9.17, 15) is 8.42 Å². The van der Waals surface area contributed by atoms with Crippen LogP contribution >= 0.6 is 12.6 Å². The van der Waals surface area contributed by atoms with Crippen molar-refractivity contribution in [2.75, 3.05) is 18.6 Å². The fraction of sp³-hybridized carbons (Fsp3) is 1.00. The zero-order valence-corrected chi connectivity index (χ0v) is 7.71. The number of nitrogens with one attached hydrogen (secondary N) is 1. The van der Waals surface area contributed by atoms with Crippen LogP contribution in [0.5, 0.6) is 0 Å². The van der Waals surface area contributed by atoms with Crippen molar-refractivity contribution in [2.45, 2.75) is 12.8 Å². The molecule has 0 aromatic rings. The van der Waals surface area contributed by atoms with Crippen molar-refractivity contribution in [1.29, 1.82) is 0 Å². The zero-order valence-electron chi connectivity index (χ0n) is 6.00. The van der Waals surface area contributed by atoms with Crippen LogP contribution in [0.25, 0.3) is 0 Å². The first kappa shape index (κ1) is 10.3. The Hall–Kier alpha value is 0.260. The molecular formula is C5H13NO2S2. The van der Waals surface area contributed by atoms with Crippen molar-refractivity contribution in [1.82, 2.24) is 4.72 Å². The van der Waals surface area contributed by atoms with Crippen molar-refractivity contribution in [2.24, 2.45) is 0 Å². The van der Waals surface area contributed by atoms with Crippen LogP contribution in [0, 0.1) is 0 Å². The zero-order chi connectivity index (χ0) is 8.04. The van der Waals surface area contributed by atoms with Gasteiger partial charge in [0.25, 0.3) is 0 Å². The standard InChI is InChI=1S/C5H13NO2S2/c1-10(7,8)6-4-2-3-5-9/h6,9H,2-5H2,1H3. The van der Waals surface area contributed by atoms with Gasteiger partial charge in [0.05, 0.1) is 6.26 Å². The van der Waals surface area contributed by atoms with Gasteiger partial charge in [-0.1, -0.05) is 0 Å². The van der Waals surface area contributed by atoms with Crippen LogP contribution < -0.4 is 4.72 Å². The third-order valence-corrected chi connectivity index (χ3v) is 1.99. The van der Waals surface area contributed by atoms with Gasteiger partial charge in [0.1, 0.15) is 0 Å². The van der Waals surface area contributed by atoms with E-state index in [1.165, 1.54) is 0 Å². The van der Waals surface area contributed by atoms with Crippen molar-refractivity contribution >= 4 is 22.7 Å². The smallest absolute Gasteiger partial charge is 0.208 e. The number of hydrogen-bond acceptors (Lipinski definition) is 3. The van der Waals surface area contributed by atoms with Gasteiger partial charge >= 0.3 is 0 Å². The van der Waals surface area contributed by atoms with Crippen molar-refractivity contribution in [3.63, 3.8) is 0 Å². The van der Waals surface area contributed by atoms with E-state index in [0.717, 1.165) is 24.9 Å². The molecule has 0 radical (unpaired) electrons. The molecule has 0 aliphatic rings. The molecule has 0 spiro atoms. The minimum Gasteiger partial charge on any atom is -0.215 e. The van der Waals surface area contributed by atoms with Gasteiger partial charge in [-0.25, -0.2) is 13.1 Å². The summed E-state index contributed by atoms with van der Waals surface area (Å²) in [4.78, 5) is 0. The molecule has 1 N–H and O–H groups in total. The number of unbranched alkanes of at least 4 members (excludes halogenated alkanes) is 1. The highest BCUT2D eigenvalue weighted by atomic mass is 32.2. The highest BCUT2D eigenvalue weighted by molar-refractivity contribution is 7.88. The van der Waals surface area contributed by atoms with Gasteiger partial charge in [-0.2, -0.15) is 12.6 Å². The van der Waals surface area contributed by atoms with Gasteiger partial charge in [0, 0.05) is 6.54 Å². The van der Waals surface area contributed by atoms with Crippen molar-refractivity contribution < 1.29 is 8.42 Å². The molecule has 0 rings (SSSR count). The van der Waals surface area contributed by atoms with Crippen LogP contribution in [-0.4, -0.2) is 27.0 Å². The molecule has 0 aromatic carbocycles. The normalized spacial score (nSPS) is 11.8. The first-order valence-electron chi connectivity index (χ1n) is 3.12. The Bertz CT molecular complexity index is 164. The Morgan fingerprint density at radius 1 is 1.40 bits per heavy atom. The average molecular weight is 183 g/mol. The minimum atomic E-state index is -2.98. The lowest BCUT2D eigenvalue weighted by molar-refractivity contribution is 0.585. The van der Waals surface area contributed by atoms with Gasteiger partial charge in [-0.3, -0.25) is 0 Å². The summed E-state index contributed by atoms with van der Waals surface area (Å²) in [6.07, 6.45) is 2.97. The summed E-state index contributed by atoms with van der Waals surface area (Å²) in [6, 6.07) is 0. The number of sulfonamides is 1. The lowest BCUT2D eigenvalue weighted by Crippen LogP contribution is -2.22. The van der Waals surface area contributed by atoms with Crippen molar-refractivity contribution in [3.8, 4) is 0 Å². The summed E-state index contributed by atoms with van der Waals surface area (Å²) >= 11 is 3.99. The first-order valence-corrected chi connectivity index (χ1v) is 5.64. The monoisotopic (exact) mass is 183 g/mol. The van der Waals surface area contributed by atoms with E-state index < -0.39 is 10.0 Å². The Kier molecular flexibility index (Phi) is 5.11. The molecule has 0 aliphatic carbocycles. The first-order chi connectivity index (χ1) is 4.56. The summed E-state index contributed by atoms with van der Waals surface area (Å²) in [7, 11) is -2.98. The summed E-state index contributed by atoms with van der Waals surface area (Å²) in [5.41, 5.74) is 0. The number of rotatable bonds is 5. The second-order valence-corrected chi connectivity index (χ2v) is 4.38. The topological polar surface area (TPSA) is 46.2 Å². The second kappa shape index (κ2) is 4.98. The summed E-state index contributed by atoms with van der Waals surface area (Å²) in [6.45, 7) is 0.527. The van der Waals surface area contributed by atoms with Crippen molar-refractivity contribution in [3.05, 3.63) is 0 Å². The molecule has 0 bridgehead atoms. The lowest BCUT2D eigenvalue weighted by atomic mass is 10.3. The van der Waals surface area contributed by atoms with E-state index in [1.54, 1.807) is 0 Å². The molecule has 0 aliphatic heterocycles. The molecule has 0 heterocycles. The molecule has 62 valence electrons. The molecule has 3 nitrogen and oxygen atoms in total. The van der Waals surface area contributed by atoms with Crippen LogP contribution in [0.1, 0.15) is 12.8 Å². The fourth-order valence-corrected chi connectivity index (χ4v) is 1.23. The molecule has 0 atom stereocenters. The van der Waals surface area contributed by atoms with Gasteiger partial charge in [-0.15, -0.1) is 0 Å². The van der Waals surface area contributed by atoms with E-state index in [4.69, 9.17) is 0 Å². The maximum atomic E-state index is 10.5. The van der Waals surface area contributed by atoms with Gasteiger partial charge in [-0.05, 0) is 18.6 Å². The minimum absolute atomic E-state index is 0.527. The third kappa shape index (κ3) is 8.26. The maximum Gasteiger partial charge on any atom is 0.208 e. The molecular weight excluding hydrogens is 170 g/mol. The quantitative estimate of drug-likeness (QED) is 0.474. The number of hydrogen-bond donors (Lipinski definition) is 2. The maximum absolute atomic E-state index is 10.5. The predicted molar refractivity (Wildman–Crippen MR) is 45.9 cm³/mol. The highest BCUT2D eigenvalue weighted by Gasteiger charge is 1.96. The predicted octanol–water partition coefficient (Wildman–Crippen LogP) is 0.246. The molecule has 0 saturated carbocycles. The Labute approximate surface area is 67.7 Å². The molecule has 5 heteroatoms. The second-order valence-electron chi connectivity index (χ2n) is 2.10. The van der Waals surface area contributed by atoms with E-state index >= 15 is 0 Å². The molecule has 10 heavy (non-hydrogen) atoms. The molecule has 0 fully saturated rings. The van der Waals surface area contributed by atoms with E-state index in [2.05, 4.69) is 17.4 Å². The van der Waals surface area contributed by atoms with E-state index in [0.29, 0.717) is 6.54 Å². The summed E-state index contributed by atoms with van der Waals surface area (Å²) < 4.78 is 23.3. The number of thiol groups is 1. The Morgan fingerprint density at radius 2 is 2.00 bits per heavy atom. The Balaban J connectivity index is 3.21. The molecule has 0 aromatic heterocycles. The van der Waals surface area contributed by atoms with Crippen LogP contribution in [0.15, 0.2) is 0 Å². The average Bonchev–Trinajstić information content (AvgIpc) is 1.78. The van der Waals surface area contributed by atoms with Crippen LogP contribution in [-0.2, 0) is 10.0 Å². The summed E-state index contributed by atoms with van der Waals surface area (Å²) in [5, 5.41) is 0. The molecule has 0 amide bonds. The van der Waals surface area contributed by atoms with Gasteiger partial charge < -0.3 is 0 Å². The molecule has 0 saturated heterocycles. The van der Waals surface area contributed by atoms with Crippen LogP contribution in [0.4, 0.5) is 0 Å². The molecule has 0 unspecified atom stereocenters. The third-order valence-electron chi connectivity index (χ3n) is 0.949. The van der Waals surface area contributed by atoms with Crippen LogP contribution in [0.2, 0.25) is 0 Å². The summed E-state index contributed by atoms with van der Waals surface area (Å²) in [5.74, 6) is 0.811. The largest absolute Gasteiger partial charge is 0.215 e.